The van der Waals surface area contributed by atoms with Crippen LogP contribution in [0.1, 0.15) is 40.5 Å². The Morgan fingerprint density at radius 3 is 2.72 bits per heavy atom. The van der Waals surface area contributed by atoms with Gasteiger partial charge in [0, 0.05) is 23.8 Å². The van der Waals surface area contributed by atoms with Gasteiger partial charge in [-0.15, -0.1) is 0 Å². The first kappa shape index (κ1) is 18.4. The van der Waals surface area contributed by atoms with Gasteiger partial charge in [-0.1, -0.05) is 40.9 Å². The summed E-state index contributed by atoms with van der Waals surface area (Å²) in [5.74, 6) is -1.47. The minimum Gasteiger partial charge on any atom is -0.461 e. The molecule has 25 heavy (non-hydrogen) atoms. The van der Waals surface area contributed by atoms with Crippen molar-refractivity contribution in [2.45, 2.75) is 57.6 Å². The molecule has 5 nitrogen and oxygen atoms in total. The number of alkyl halides is 1. The van der Waals surface area contributed by atoms with Crippen molar-refractivity contribution in [3.05, 3.63) is 22.8 Å². The van der Waals surface area contributed by atoms with Gasteiger partial charge in [-0.25, -0.2) is 0 Å². The molecule has 0 unspecified atom stereocenters. The highest BCUT2D eigenvalue weighted by molar-refractivity contribution is 9.10. The molecule has 6 atom stereocenters. The molecule has 0 N–H and O–H groups in total. The number of carbonyl (C=O) groups excluding carboxylic acids is 3. The lowest BCUT2D eigenvalue weighted by Crippen LogP contribution is -2.39. The Morgan fingerprint density at radius 2 is 2.08 bits per heavy atom. The van der Waals surface area contributed by atoms with E-state index in [0.29, 0.717) is 18.4 Å². The van der Waals surface area contributed by atoms with E-state index in [1.54, 1.807) is 6.08 Å². The van der Waals surface area contributed by atoms with Crippen molar-refractivity contribution >= 4 is 33.7 Å². The van der Waals surface area contributed by atoms with E-state index in [1.165, 1.54) is 0 Å². The molecule has 0 radical (unpaired) electrons. The fraction of sp³-hybridized carbons (Fsp3) is 0.632. The summed E-state index contributed by atoms with van der Waals surface area (Å²) in [6, 6.07) is 0. The minimum absolute atomic E-state index is 0.0201. The summed E-state index contributed by atoms with van der Waals surface area (Å²) in [5, 5.41) is 0. The van der Waals surface area contributed by atoms with E-state index in [9.17, 15) is 14.4 Å². The topological polar surface area (TPSA) is 69.7 Å². The SMILES string of the molecule is CC[C@H](Br)C(=O)O[C@H]1CC(C)=C2C(=O)C=C(C)[C@@H]2[C@H]2OC(=O)[C@@H](C)[C@@H]21. The molecule has 0 saturated carbocycles. The number of halogens is 1. The van der Waals surface area contributed by atoms with Crippen LogP contribution in [0.25, 0.3) is 0 Å². The van der Waals surface area contributed by atoms with E-state index in [0.717, 1.165) is 11.1 Å². The third kappa shape index (κ3) is 2.98. The molecule has 1 fully saturated rings. The molecular formula is C19H23BrO5. The van der Waals surface area contributed by atoms with Crippen LogP contribution in [0.4, 0.5) is 0 Å². The molecule has 3 aliphatic rings. The number of esters is 2. The Bertz CT molecular complexity index is 692. The molecule has 0 spiro atoms. The van der Waals surface area contributed by atoms with Crippen LogP contribution < -0.4 is 0 Å². The highest BCUT2D eigenvalue weighted by Gasteiger charge is 2.55. The molecule has 1 saturated heterocycles. The minimum atomic E-state index is -0.468. The molecule has 0 aromatic carbocycles. The van der Waals surface area contributed by atoms with Crippen molar-refractivity contribution < 1.29 is 23.9 Å². The summed E-state index contributed by atoms with van der Waals surface area (Å²) in [7, 11) is 0. The lowest BCUT2D eigenvalue weighted by Gasteiger charge is -2.29. The van der Waals surface area contributed by atoms with Gasteiger partial charge in [0.05, 0.1) is 5.92 Å². The lowest BCUT2D eigenvalue weighted by molar-refractivity contribution is -0.152. The highest BCUT2D eigenvalue weighted by Crippen LogP contribution is 2.48. The van der Waals surface area contributed by atoms with Gasteiger partial charge in [-0.2, -0.15) is 0 Å². The third-order valence-corrected chi connectivity index (χ3v) is 6.63. The van der Waals surface area contributed by atoms with Crippen LogP contribution in [-0.4, -0.2) is 34.8 Å². The predicted molar refractivity (Wildman–Crippen MR) is 95.0 cm³/mol. The number of ketones is 1. The number of rotatable bonds is 3. The van der Waals surface area contributed by atoms with Gasteiger partial charge in [0.15, 0.2) is 5.78 Å². The number of ether oxygens (including phenoxy) is 2. The lowest BCUT2D eigenvalue weighted by atomic mass is 9.79. The van der Waals surface area contributed by atoms with Crippen molar-refractivity contribution in [3.8, 4) is 0 Å². The zero-order chi connectivity index (χ0) is 18.5. The van der Waals surface area contributed by atoms with E-state index in [1.807, 2.05) is 27.7 Å². The first-order chi connectivity index (χ1) is 11.8. The molecule has 2 aliphatic carbocycles. The first-order valence-electron chi connectivity index (χ1n) is 8.73. The Labute approximate surface area is 155 Å². The third-order valence-electron chi connectivity index (χ3n) is 5.61. The second-order valence-electron chi connectivity index (χ2n) is 7.25. The van der Waals surface area contributed by atoms with Gasteiger partial charge in [0.1, 0.15) is 17.0 Å². The van der Waals surface area contributed by atoms with Gasteiger partial charge in [-0.3, -0.25) is 14.4 Å². The van der Waals surface area contributed by atoms with Gasteiger partial charge >= 0.3 is 11.9 Å². The van der Waals surface area contributed by atoms with E-state index >= 15 is 0 Å². The number of hydrogen-bond donors (Lipinski definition) is 0. The predicted octanol–water partition coefficient (Wildman–Crippen LogP) is 3.11. The molecule has 1 aliphatic heterocycles. The van der Waals surface area contributed by atoms with Gasteiger partial charge < -0.3 is 9.47 Å². The Balaban J connectivity index is 2.00. The van der Waals surface area contributed by atoms with Gasteiger partial charge in [-0.05, 0) is 26.3 Å². The quantitative estimate of drug-likeness (QED) is 0.527. The fourth-order valence-corrected chi connectivity index (χ4v) is 4.41. The fourth-order valence-electron chi connectivity index (χ4n) is 4.30. The van der Waals surface area contributed by atoms with E-state index < -0.39 is 12.2 Å². The van der Waals surface area contributed by atoms with Crippen molar-refractivity contribution in [1.29, 1.82) is 0 Å². The molecule has 6 heteroatoms. The van der Waals surface area contributed by atoms with E-state index in [2.05, 4.69) is 15.9 Å². The average Bonchev–Trinajstić information content (AvgIpc) is 2.96. The summed E-state index contributed by atoms with van der Waals surface area (Å²) in [6.07, 6.45) is 1.79. The molecule has 0 aromatic rings. The maximum atomic E-state index is 12.4. The summed E-state index contributed by atoms with van der Waals surface area (Å²) in [6.45, 7) is 7.52. The van der Waals surface area contributed by atoms with E-state index in [-0.39, 0.29) is 40.3 Å². The first-order valence-corrected chi connectivity index (χ1v) is 9.65. The molecule has 3 rings (SSSR count). The van der Waals surface area contributed by atoms with Gasteiger partial charge in [0.2, 0.25) is 0 Å². The number of hydrogen-bond acceptors (Lipinski definition) is 5. The van der Waals surface area contributed by atoms with Gasteiger partial charge in [0.25, 0.3) is 0 Å². The molecular weight excluding hydrogens is 388 g/mol. The monoisotopic (exact) mass is 410 g/mol. The van der Waals surface area contributed by atoms with Crippen LogP contribution in [0.2, 0.25) is 0 Å². The number of allylic oxidation sites excluding steroid dienone is 1. The second-order valence-corrected chi connectivity index (χ2v) is 8.35. The van der Waals surface area contributed by atoms with Crippen LogP contribution >= 0.6 is 15.9 Å². The van der Waals surface area contributed by atoms with Crippen molar-refractivity contribution in [1.82, 2.24) is 0 Å². The molecule has 1 heterocycles. The van der Waals surface area contributed by atoms with Crippen LogP contribution in [-0.2, 0) is 23.9 Å². The normalized spacial score (nSPS) is 35.6. The van der Waals surface area contributed by atoms with E-state index in [4.69, 9.17) is 9.47 Å². The standard InChI is InChI=1S/C19H23BrO5/c1-5-11(20)19(23)24-13-7-9(3)14-12(21)6-8(2)15(14)17-16(13)10(4)18(22)25-17/h6,10-11,13,15-17H,5,7H2,1-4H3/t10-,11-,13-,15-,16+,17+/m0/s1. The molecule has 0 amide bonds. The largest absolute Gasteiger partial charge is 0.461 e. The Hall–Kier alpha value is -1.43. The molecule has 0 bridgehead atoms. The zero-order valence-corrected chi connectivity index (χ0v) is 16.5. The molecule has 0 aromatic heterocycles. The van der Waals surface area contributed by atoms with Crippen LogP contribution in [0, 0.1) is 17.8 Å². The average molecular weight is 411 g/mol. The summed E-state index contributed by atoms with van der Waals surface area (Å²) in [5.41, 5.74) is 2.54. The van der Waals surface area contributed by atoms with Crippen LogP contribution in [0.15, 0.2) is 22.8 Å². The van der Waals surface area contributed by atoms with Crippen molar-refractivity contribution in [3.63, 3.8) is 0 Å². The summed E-state index contributed by atoms with van der Waals surface area (Å²) in [4.78, 5) is 36.6. The Morgan fingerprint density at radius 1 is 1.40 bits per heavy atom. The van der Waals surface area contributed by atoms with Crippen molar-refractivity contribution in [2.75, 3.05) is 0 Å². The smallest absolute Gasteiger partial charge is 0.320 e. The highest BCUT2D eigenvalue weighted by atomic mass is 79.9. The maximum Gasteiger partial charge on any atom is 0.320 e. The second kappa shape index (κ2) is 6.71. The number of fused-ring (bicyclic) bond motifs is 3. The molecule has 136 valence electrons. The number of carbonyl (C=O) groups is 3. The van der Waals surface area contributed by atoms with Crippen molar-refractivity contribution in [2.24, 2.45) is 17.8 Å². The van der Waals surface area contributed by atoms with Crippen LogP contribution in [0.3, 0.4) is 0 Å². The summed E-state index contributed by atoms with van der Waals surface area (Å²) < 4.78 is 11.4. The zero-order valence-electron chi connectivity index (χ0n) is 14.9. The Kier molecular flexibility index (Phi) is 4.93. The maximum absolute atomic E-state index is 12.4. The summed E-state index contributed by atoms with van der Waals surface area (Å²) >= 11 is 3.32. The van der Waals surface area contributed by atoms with Crippen LogP contribution in [0.5, 0.6) is 0 Å².